The number of carbonyl (C=O) groups is 2. The summed E-state index contributed by atoms with van der Waals surface area (Å²) in [4.78, 5) is 39.3. The van der Waals surface area contributed by atoms with Crippen LogP contribution >= 0.6 is 11.6 Å². The second-order valence-corrected chi connectivity index (χ2v) is 5.45. The molecule has 1 aromatic carbocycles. The fourth-order valence-corrected chi connectivity index (χ4v) is 2.39. The molecule has 0 aliphatic carbocycles. The first-order valence-electron chi connectivity index (χ1n) is 7.04. The topological polar surface area (TPSA) is 93.4 Å². The number of rotatable bonds is 6. The standard InChI is InChI=1S/C16H14ClN3O4/c1-11-13(17)4-5-14(20(23)24)15(11)16(22)19(10-21)8-6-12-3-2-7-18-9-12/h2-5,7,9-10H,6,8H2,1H3. The van der Waals surface area contributed by atoms with Gasteiger partial charge in [0.15, 0.2) is 0 Å². The molecule has 8 heteroatoms. The molecule has 0 spiro atoms. The molecule has 7 nitrogen and oxygen atoms in total. The number of nitro benzene ring substituents is 1. The molecule has 2 rings (SSSR count). The van der Waals surface area contributed by atoms with Crippen LogP contribution in [0.3, 0.4) is 0 Å². The zero-order valence-corrected chi connectivity index (χ0v) is 13.6. The zero-order chi connectivity index (χ0) is 17.7. The molecule has 0 N–H and O–H groups in total. The summed E-state index contributed by atoms with van der Waals surface area (Å²) < 4.78 is 0. The number of hydrogen-bond acceptors (Lipinski definition) is 5. The Hall–Kier alpha value is -2.80. The number of aromatic nitrogens is 1. The lowest BCUT2D eigenvalue weighted by Crippen LogP contribution is -2.32. The van der Waals surface area contributed by atoms with E-state index in [2.05, 4.69) is 4.98 Å². The maximum absolute atomic E-state index is 12.6. The number of pyridine rings is 1. The van der Waals surface area contributed by atoms with Crippen molar-refractivity contribution in [2.75, 3.05) is 6.54 Å². The van der Waals surface area contributed by atoms with Gasteiger partial charge in [0.1, 0.15) is 5.56 Å². The second-order valence-electron chi connectivity index (χ2n) is 5.04. The van der Waals surface area contributed by atoms with Gasteiger partial charge in [0.2, 0.25) is 6.41 Å². The van der Waals surface area contributed by atoms with E-state index in [1.807, 2.05) is 6.07 Å². The molecular formula is C16H14ClN3O4. The van der Waals surface area contributed by atoms with Gasteiger partial charge in [-0.3, -0.25) is 29.6 Å². The summed E-state index contributed by atoms with van der Waals surface area (Å²) in [5, 5.41) is 11.4. The van der Waals surface area contributed by atoms with Crippen molar-refractivity contribution in [2.24, 2.45) is 0 Å². The van der Waals surface area contributed by atoms with Crippen molar-refractivity contribution in [2.45, 2.75) is 13.3 Å². The normalized spacial score (nSPS) is 10.2. The van der Waals surface area contributed by atoms with E-state index >= 15 is 0 Å². The van der Waals surface area contributed by atoms with Gasteiger partial charge in [0.25, 0.3) is 11.6 Å². The number of nitrogens with zero attached hydrogens (tertiary/aromatic N) is 3. The van der Waals surface area contributed by atoms with E-state index in [4.69, 9.17) is 11.6 Å². The van der Waals surface area contributed by atoms with E-state index in [9.17, 15) is 19.7 Å². The van der Waals surface area contributed by atoms with Gasteiger partial charge in [-0.15, -0.1) is 0 Å². The van der Waals surface area contributed by atoms with Gasteiger partial charge in [0, 0.05) is 30.0 Å². The van der Waals surface area contributed by atoms with Crippen LogP contribution in [0.15, 0.2) is 36.7 Å². The van der Waals surface area contributed by atoms with Crippen LogP contribution in [0, 0.1) is 17.0 Å². The van der Waals surface area contributed by atoms with Crippen molar-refractivity contribution < 1.29 is 14.5 Å². The van der Waals surface area contributed by atoms with Crippen LogP contribution in [-0.4, -0.2) is 33.7 Å². The molecule has 0 unspecified atom stereocenters. The Labute approximate surface area is 143 Å². The molecule has 0 fully saturated rings. The predicted octanol–water partition coefficient (Wildman–Crippen LogP) is 2.79. The number of amides is 2. The van der Waals surface area contributed by atoms with Crippen LogP contribution in [0.1, 0.15) is 21.5 Å². The third-order valence-electron chi connectivity index (χ3n) is 3.54. The summed E-state index contributed by atoms with van der Waals surface area (Å²) in [6, 6.07) is 6.07. The molecule has 0 atom stereocenters. The van der Waals surface area contributed by atoms with Crippen molar-refractivity contribution in [1.29, 1.82) is 0 Å². The van der Waals surface area contributed by atoms with E-state index in [1.165, 1.54) is 13.0 Å². The minimum Gasteiger partial charge on any atom is -0.281 e. The molecule has 0 radical (unpaired) electrons. The highest BCUT2D eigenvalue weighted by atomic mass is 35.5. The van der Waals surface area contributed by atoms with Crippen LogP contribution in [-0.2, 0) is 11.2 Å². The second kappa shape index (κ2) is 7.65. The number of benzene rings is 1. The highest BCUT2D eigenvalue weighted by molar-refractivity contribution is 6.32. The van der Waals surface area contributed by atoms with Crippen molar-refractivity contribution in [3.8, 4) is 0 Å². The largest absolute Gasteiger partial charge is 0.282 e. The lowest BCUT2D eigenvalue weighted by molar-refractivity contribution is -0.385. The molecule has 2 aromatic rings. The summed E-state index contributed by atoms with van der Waals surface area (Å²) in [6.07, 6.45) is 4.00. The number of carbonyl (C=O) groups excluding carboxylic acids is 2. The minimum absolute atomic E-state index is 0.0805. The van der Waals surface area contributed by atoms with E-state index in [1.54, 1.807) is 18.5 Å². The predicted molar refractivity (Wildman–Crippen MR) is 87.9 cm³/mol. The first-order valence-corrected chi connectivity index (χ1v) is 7.42. The Bertz CT molecular complexity index is 780. The van der Waals surface area contributed by atoms with Gasteiger partial charge >= 0.3 is 0 Å². The lowest BCUT2D eigenvalue weighted by Gasteiger charge is -2.17. The van der Waals surface area contributed by atoms with Gasteiger partial charge in [-0.05, 0) is 36.6 Å². The number of nitro groups is 1. The van der Waals surface area contributed by atoms with Crippen LogP contribution in [0.4, 0.5) is 5.69 Å². The Morgan fingerprint density at radius 2 is 2.17 bits per heavy atom. The molecular weight excluding hydrogens is 334 g/mol. The molecule has 0 aliphatic rings. The average molecular weight is 348 g/mol. The van der Waals surface area contributed by atoms with Gasteiger partial charge in [-0.2, -0.15) is 0 Å². The highest BCUT2D eigenvalue weighted by Crippen LogP contribution is 2.29. The van der Waals surface area contributed by atoms with Crippen molar-refractivity contribution in [3.05, 3.63) is 68.5 Å². The quantitative estimate of drug-likeness (QED) is 0.455. The fraction of sp³-hybridized carbons (Fsp3) is 0.188. The summed E-state index contributed by atoms with van der Waals surface area (Å²) in [5.74, 6) is -0.749. The number of hydrogen-bond donors (Lipinski definition) is 0. The van der Waals surface area contributed by atoms with Crippen LogP contribution < -0.4 is 0 Å². The maximum Gasteiger partial charge on any atom is 0.282 e. The van der Waals surface area contributed by atoms with Gasteiger partial charge in [-0.1, -0.05) is 17.7 Å². The van der Waals surface area contributed by atoms with Crippen LogP contribution in [0.2, 0.25) is 5.02 Å². The molecule has 1 heterocycles. The Morgan fingerprint density at radius 3 is 2.75 bits per heavy atom. The monoisotopic (exact) mass is 347 g/mol. The molecule has 1 aromatic heterocycles. The fourth-order valence-electron chi connectivity index (χ4n) is 2.24. The minimum atomic E-state index is -0.749. The first-order chi connectivity index (χ1) is 11.5. The molecule has 124 valence electrons. The summed E-state index contributed by atoms with van der Waals surface area (Å²) in [7, 11) is 0. The highest BCUT2D eigenvalue weighted by Gasteiger charge is 2.27. The molecule has 0 aliphatic heterocycles. The average Bonchev–Trinajstić information content (AvgIpc) is 2.58. The molecule has 2 amide bonds. The third kappa shape index (κ3) is 3.75. The molecule has 0 saturated heterocycles. The van der Waals surface area contributed by atoms with Gasteiger partial charge < -0.3 is 0 Å². The van der Waals surface area contributed by atoms with Gasteiger partial charge in [-0.25, -0.2) is 0 Å². The number of imide groups is 1. The Kier molecular flexibility index (Phi) is 5.59. The summed E-state index contributed by atoms with van der Waals surface area (Å²) in [5.41, 5.74) is 0.555. The number of halogens is 1. The van der Waals surface area contributed by atoms with E-state index in [0.717, 1.165) is 16.5 Å². The van der Waals surface area contributed by atoms with Crippen LogP contribution in [0.5, 0.6) is 0 Å². The Morgan fingerprint density at radius 1 is 1.42 bits per heavy atom. The zero-order valence-electron chi connectivity index (χ0n) is 12.8. The van der Waals surface area contributed by atoms with Crippen LogP contribution in [0.25, 0.3) is 0 Å². The third-order valence-corrected chi connectivity index (χ3v) is 3.95. The lowest BCUT2D eigenvalue weighted by atomic mass is 10.0. The van der Waals surface area contributed by atoms with Gasteiger partial charge in [0.05, 0.1) is 4.92 Å². The van der Waals surface area contributed by atoms with E-state index in [-0.39, 0.29) is 28.4 Å². The SMILES string of the molecule is Cc1c(Cl)ccc([N+](=O)[O-])c1C(=O)N(C=O)CCc1cccnc1. The maximum atomic E-state index is 12.6. The van der Waals surface area contributed by atoms with Crippen molar-refractivity contribution in [3.63, 3.8) is 0 Å². The van der Waals surface area contributed by atoms with Crippen molar-refractivity contribution in [1.82, 2.24) is 9.88 Å². The van der Waals surface area contributed by atoms with Crippen molar-refractivity contribution >= 4 is 29.6 Å². The summed E-state index contributed by atoms with van der Waals surface area (Å²) >= 11 is 5.97. The molecule has 0 bridgehead atoms. The van der Waals surface area contributed by atoms with E-state index in [0.29, 0.717) is 12.8 Å². The smallest absolute Gasteiger partial charge is 0.281 e. The Balaban J connectivity index is 2.30. The first kappa shape index (κ1) is 17.6. The molecule has 24 heavy (non-hydrogen) atoms. The van der Waals surface area contributed by atoms with E-state index < -0.39 is 10.8 Å². The molecule has 0 saturated carbocycles. The summed E-state index contributed by atoms with van der Waals surface area (Å²) in [6.45, 7) is 1.59.